The van der Waals surface area contributed by atoms with Crippen LogP contribution in [0.3, 0.4) is 0 Å². The zero-order chi connectivity index (χ0) is 22.4. The van der Waals surface area contributed by atoms with Crippen molar-refractivity contribution in [3.8, 4) is 0 Å². The van der Waals surface area contributed by atoms with E-state index in [-0.39, 0.29) is 27.9 Å². The molecule has 0 aliphatic carbocycles. The van der Waals surface area contributed by atoms with Crippen molar-refractivity contribution in [2.75, 3.05) is 50.5 Å². The molecule has 2 aromatic rings. The second-order valence-electron chi connectivity index (χ2n) is 6.82. The SMILES string of the molecule is CNS(=O)(=O)c1cc(C(=O)Nc2ccc(NC(=O)CN3CCOCC3)cc2)ccc1Cl. The normalized spacial score (nSPS) is 14.8. The first-order chi connectivity index (χ1) is 14.8. The molecule has 3 N–H and O–H groups in total. The third-order valence-electron chi connectivity index (χ3n) is 4.65. The molecule has 1 aliphatic heterocycles. The highest BCUT2D eigenvalue weighted by atomic mass is 35.5. The van der Waals surface area contributed by atoms with Crippen molar-refractivity contribution in [3.63, 3.8) is 0 Å². The fourth-order valence-electron chi connectivity index (χ4n) is 2.96. The lowest BCUT2D eigenvalue weighted by molar-refractivity contribution is -0.118. The molecule has 0 bridgehead atoms. The van der Waals surface area contributed by atoms with Crippen LogP contribution >= 0.6 is 11.6 Å². The van der Waals surface area contributed by atoms with E-state index < -0.39 is 15.9 Å². The van der Waals surface area contributed by atoms with Crippen LogP contribution in [0.1, 0.15) is 10.4 Å². The van der Waals surface area contributed by atoms with E-state index in [0.717, 1.165) is 13.1 Å². The monoisotopic (exact) mass is 466 g/mol. The lowest BCUT2D eigenvalue weighted by Crippen LogP contribution is -2.41. The molecule has 1 aliphatic rings. The quantitative estimate of drug-likeness (QED) is 0.572. The largest absolute Gasteiger partial charge is 0.379 e. The van der Waals surface area contributed by atoms with Gasteiger partial charge in [-0.1, -0.05) is 11.6 Å². The third-order valence-corrected chi connectivity index (χ3v) is 6.54. The molecule has 0 spiro atoms. The highest BCUT2D eigenvalue weighted by molar-refractivity contribution is 7.89. The summed E-state index contributed by atoms with van der Waals surface area (Å²) in [4.78, 5) is 26.5. The molecule has 11 heteroatoms. The average Bonchev–Trinajstić information content (AvgIpc) is 2.76. The van der Waals surface area contributed by atoms with Crippen LogP contribution in [0.2, 0.25) is 5.02 Å². The van der Waals surface area contributed by atoms with Crippen molar-refractivity contribution >= 4 is 44.8 Å². The number of hydrogen-bond acceptors (Lipinski definition) is 6. The number of nitrogens with one attached hydrogen (secondary N) is 3. The number of anilines is 2. The Hall–Kier alpha value is -2.50. The predicted octanol–water partition coefficient (Wildman–Crippen LogP) is 1.77. The molecule has 9 nitrogen and oxygen atoms in total. The molecule has 2 amide bonds. The van der Waals surface area contributed by atoms with Gasteiger partial charge in [0.15, 0.2) is 0 Å². The Morgan fingerprint density at radius 1 is 1.03 bits per heavy atom. The zero-order valence-electron chi connectivity index (χ0n) is 16.9. The summed E-state index contributed by atoms with van der Waals surface area (Å²) in [6.45, 7) is 2.98. The summed E-state index contributed by atoms with van der Waals surface area (Å²) in [7, 11) is -2.53. The molecule has 0 radical (unpaired) electrons. The summed E-state index contributed by atoms with van der Waals surface area (Å²) in [5.74, 6) is -0.619. The predicted molar refractivity (Wildman–Crippen MR) is 118 cm³/mol. The molecule has 0 atom stereocenters. The number of amides is 2. The van der Waals surface area contributed by atoms with E-state index in [1.54, 1.807) is 24.3 Å². The Morgan fingerprint density at radius 2 is 1.65 bits per heavy atom. The fraction of sp³-hybridized carbons (Fsp3) is 0.300. The van der Waals surface area contributed by atoms with Crippen molar-refractivity contribution in [3.05, 3.63) is 53.1 Å². The molecule has 0 unspecified atom stereocenters. The van der Waals surface area contributed by atoms with Crippen LogP contribution in [-0.4, -0.2) is 65.0 Å². The number of carbonyl (C=O) groups is 2. The molecule has 2 aromatic carbocycles. The number of hydrogen-bond donors (Lipinski definition) is 3. The molecule has 166 valence electrons. The van der Waals surface area contributed by atoms with Crippen LogP contribution in [-0.2, 0) is 19.6 Å². The van der Waals surface area contributed by atoms with Crippen LogP contribution < -0.4 is 15.4 Å². The molecule has 0 aromatic heterocycles. The molecular weight excluding hydrogens is 444 g/mol. The molecule has 31 heavy (non-hydrogen) atoms. The van der Waals surface area contributed by atoms with Gasteiger partial charge in [0.25, 0.3) is 5.91 Å². The van der Waals surface area contributed by atoms with Gasteiger partial charge in [-0.3, -0.25) is 14.5 Å². The number of halogens is 1. The van der Waals surface area contributed by atoms with E-state index in [1.807, 2.05) is 4.90 Å². The first kappa shape index (κ1) is 23.2. The van der Waals surface area contributed by atoms with Crippen LogP contribution in [0.15, 0.2) is 47.4 Å². The van der Waals surface area contributed by atoms with E-state index in [1.165, 1.54) is 25.2 Å². The second-order valence-corrected chi connectivity index (χ2v) is 9.08. The Balaban J connectivity index is 1.61. The molecule has 1 heterocycles. The number of rotatable bonds is 7. The van der Waals surface area contributed by atoms with Gasteiger partial charge in [-0.15, -0.1) is 0 Å². The van der Waals surface area contributed by atoms with Gasteiger partial charge in [-0.05, 0) is 49.5 Å². The van der Waals surface area contributed by atoms with Crippen molar-refractivity contribution in [2.45, 2.75) is 4.90 Å². The standard InChI is InChI=1S/C20H23ClN4O5S/c1-22-31(28,29)18-12-14(2-7-17(18)21)20(27)24-16-5-3-15(4-6-16)23-19(26)13-25-8-10-30-11-9-25/h2-7,12,22H,8-11,13H2,1H3,(H,23,26)(H,24,27). The first-order valence-corrected chi connectivity index (χ1v) is 11.4. The number of benzene rings is 2. The van der Waals surface area contributed by atoms with Gasteiger partial charge in [0.2, 0.25) is 15.9 Å². The minimum atomic E-state index is -3.80. The van der Waals surface area contributed by atoms with Crippen molar-refractivity contribution in [1.82, 2.24) is 9.62 Å². The number of sulfonamides is 1. The maximum absolute atomic E-state index is 12.5. The summed E-state index contributed by atoms with van der Waals surface area (Å²) in [5, 5.41) is 5.52. The highest BCUT2D eigenvalue weighted by Gasteiger charge is 2.19. The minimum absolute atomic E-state index is 0.0167. The number of ether oxygens (including phenoxy) is 1. The zero-order valence-corrected chi connectivity index (χ0v) is 18.4. The molecular formula is C20H23ClN4O5S. The van der Waals surface area contributed by atoms with E-state index in [4.69, 9.17) is 16.3 Å². The van der Waals surface area contributed by atoms with Crippen molar-refractivity contribution in [1.29, 1.82) is 0 Å². The summed E-state index contributed by atoms with van der Waals surface area (Å²) in [6, 6.07) is 10.6. The Bertz CT molecular complexity index is 1050. The average molecular weight is 467 g/mol. The summed E-state index contributed by atoms with van der Waals surface area (Å²) < 4.78 is 31.5. The molecule has 1 fully saturated rings. The first-order valence-electron chi connectivity index (χ1n) is 9.53. The van der Waals surface area contributed by atoms with E-state index in [9.17, 15) is 18.0 Å². The fourth-order valence-corrected chi connectivity index (χ4v) is 4.21. The Kier molecular flexibility index (Phi) is 7.63. The second kappa shape index (κ2) is 10.2. The van der Waals surface area contributed by atoms with Crippen LogP contribution in [0.5, 0.6) is 0 Å². The number of carbonyl (C=O) groups excluding carboxylic acids is 2. The van der Waals surface area contributed by atoms with Gasteiger partial charge in [0, 0.05) is 30.0 Å². The van der Waals surface area contributed by atoms with Gasteiger partial charge in [0.05, 0.1) is 24.8 Å². The maximum Gasteiger partial charge on any atom is 0.255 e. The van der Waals surface area contributed by atoms with Crippen molar-refractivity contribution in [2.24, 2.45) is 0 Å². The highest BCUT2D eigenvalue weighted by Crippen LogP contribution is 2.23. The van der Waals surface area contributed by atoms with Gasteiger partial charge in [0.1, 0.15) is 4.90 Å². The van der Waals surface area contributed by atoms with Gasteiger partial charge in [-0.25, -0.2) is 13.1 Å². The van der Waals surface area contributed by atoms with Crippen LogP contribution in [0.4, 0.5) is 11.4 Å². The van der Waals surface area contributed by atoms with Gasteiger partial charge >= 0.3 is 0 Å². The summed E-state index contributed by atoms with van der Waals surface area (Å²) >= 11 is 5.95. The number of morpholine rings is 1. The third kappa shape index (κ3) is 6.25. The summed E-state index contributed by atoms with van der Waals surface area (Å²) in [6.07, 6.45) is 0. The Morgan fingerprint density at radius 3 is 2.26 bits per heavy atom. The van der Waals surface area contributed by atoms with Gasteiger partial charge in [-0.2, -0.15) is 0 Å². The van der Waals surface area contributed by atoms with Crippen molar-refractivity contribution < 1.29 is 22.7 Å². The van der Waals surface area contributed by atoms with Crippen LogP contribution in [0, 0.1) is 0 Å². The van der Waals surface area contributed by atoms with Gasteiger partial charge < -0.3 is 15.4 Å². The molecule has 1 saturated heterocycles. The lowest BCUT2D eigenvalue weighted by atomic mass is 10.2. The molecule has 3 rings (SSSR count). The lowest BCUT2D eigenvalue weighted by Gasteiger charge is -2.25. The number of nitrogens with zero attached hydrogens (tertiary/aromatic N) is 1. The molecule has 0 saturated carbocycles. The Labute approximate surface area is 185 Å². The smallest absolute Gasteiger partial charge is 0.255 e. The summed E-state index contributed by atoms with van der Waals surface area (Å²) in [5.41, 5.74) is 1.23. The van der Waals surface area contributed by atoms with Crippen LogP contribution in [0.25, 0.3) is 0 Å². The topological polar surface area (TPSA) is 117 Å². The van der Waals surface area contributed by atoms with E-state index >= 15 is 0 Å². The maximum atomic E-state index is 12.5. The van der Waals surface area contributed by atoms with E-state index in [0.29, 0.717) is 24.6 Å². The minimum Gasteiger partial charge on any atom is -0.379 e. The van der Waals surface area contributed by atoms with E-state index in [2.05, 4.69) is 15.4 Å².